The fourth-order valence-corrected chi connectivity index (χ4v) is 4.28. The maximum atomic E-state index is 4.31. The zero-order chi connectivity index (χ0) is 13.8. The van der Waals surface area contributed by atoms with E-state index < -0.39 is 0 Å². The van der Waals surface area contributed by atoms with Crippen LogP contribution in [0.15, 0.2) is 40.4 Å². The van der Waals surface area contributed by atoms with Crippen LogP contribution >= 0.6 is 27.3 Å². The van der Waals surface area contributed by atoms with E-state index in [1.807, 2.05) is 29.8 Å². The van der Waals surface area contributed by atoms with Gasteiger partial charge in [0.05, 0.1) is 9.83 Å². The minimum absolute atomic E-state index is 0.319. The SMILES string of the molecule is Brc1ccc(C(c2cccnc2)N2CCCNCC2)s1. The molecule has 0 bridgehead atoms. The summed E-state index contributed by atoms with van der Waals surface area (Å²) in [7, 11) is 0. The molecule has 2 aromatic rings. The second kappa shape index (κ2) is 6.80. The summed E-state index contributed by atoms with van der Waals surface area (Å²) in [6, 6.07) is 8.90. The third kappa shape index (κ3) is 3.28. The molecule has 1 aliphatic heterocycles. The molecule has 3 heterocycles. The van der Waals surface area contributed by atoms with Crippen LogP contribution < -0.4 is 5.32 Å². The van der Waals surface area contributed by atoms with E-state index >= 15 is 0 Å². The highest BCUT2D eigenvalue weighted by molar-refractivity contribution is 9.11. The molecule has 3 nitrogen and oxygen atoms in total. The van der Waals surface area contributed by atoms with Gasteiger partial charge in [-0.3, -0.25) is 9.88 Å². The van der Waals surface area contributed by atoms with Crippen LogP contribution in [0.1, 0.15) is 22.9 Å². The lowest BCUT2D eigenvalue weighted by Gasteiger charge is -2.29. The number of pyridine rings is 1. The van der Waals surface area contributed by atoms with E-state index in [0.717, 1.165) is 26.2 Å². The topological polar surface area (TPSA) is 28.2 Å². The summed E-state index contributed by atoms with van der Waals surface area (Å²) in [5.74, 6) is 0. The van der Waals surface area contributed by atoms with Crippen molar-refractivity contribution in [2.24, 2.45) is 0 Å². The van der Waals surface area contributed by atoms with Gasteiger partial charge in [-0.1, -0.05) is 6.07 Å². The summed E-state index contributed by atoms with van der Waals surface area (Å²) in [5.41, 5.74) is 1.28. The predicted molar refractivity (Wildman–Crippen MR) is 87.2 cm³/mol. The molecule has 0 spiro atoms. The number of nitrogens with zero attached hydrogens (tertiary/aromatic N) is 2. The van der Waals surface area contributed by atoms with Crippen LogP contribution in [0.5, 0.6) is 0 Å². The van der Waals surface area contributed by atoms with E-state index in [2.05, 4.69) is 49.3 Å². The third-order valence-electron chi connectivity index (χ3n) is 3.60. The summed E-state index contributed by atoms with van der Waals surface area (Å²) in [6.45, 7) is 4.38. The maximum absolute atomic E-state index is 4.31. The van der Waals surface area contributed by atoms with Gasteiger partial charge in [-0.05, 0) is 52.7 Å². The molecule has 106 valence electrons. The van der Waals surface area contributed by atoms with Crippen LogP contribution in [-0.2, 0) is 0 Å². The Morgan fingerprint density at radius 1 is 1.25 bits per heavy atom. The lowest BCUT2D eigenvalue weighted by Crippen LogP contribution is -2.32. The Bertz CT molecular complexity index is 535. The highest BCUT2D eigenvalue weighted by Crippen LogP contribution is 2.35. The van der Waals surface area contributed by atoms with E-state index in [9.17, 15) is 0 Å². The molecule has 1 N–H and O–H groups in total. The van der Waals surface area contributed by atoms with Crippen molar-refractivity contribution in [3.05, 3.63) is 50.9 Å². The number of hydrogen-bond acceptors (Lipinski definition) is 4. The van der Waals surface area contributed by atoms with E-state index in [1.165, 1.54) is 20.6 Å². The Balaban J connectivity index is 1.94. The molecule has 1 unspecified atom stereocenters. The number of thiophene rings is 1. The van der Waals surface area contributed by atoms with Crippen molar-refractivity contribution in [2.75, 3.05) is 26.2 Å². The van der Waals surface area contributed by atoms with Gasteiger partial charge in [0.25, 0.3) is 0 Å². The molecule has 0 radical (unpaired) electrons. The first-order chi connectivity index (χ1) is 9.84. The van der Waals surface area contributed by atoms with Crippen molar-refractivity contribution < 1.29 is 0 Å². The van der Waals surface area contributed by atoms with Gasteiger partial charge in [0, 0.05) is 36.9 Å². The Labute approximate surface area is 132 Å². The van der Waals surface area contributed by atoms with Gasteiger partial charge in [-0.15, -0.1) is 11.3 Å². The molecule has 0 aliphatic carbocycles. The molecule has 20 heavy (non-hydrogen) atoms. The van der Waals surface area contributed by atoms with E-state index in [-0.39, 0.29) is 0 Å². The van der Waals surface area contributed by atoms with Crippen molar-refractivity contribution in [2.45, 2.75) is 12.5 Å². The van der Waals surface area contributed by atoms with E-state index in [0.29, 0.717) is 6.04 Å². The first-order valence-corrected chi connectivity index (χ1v) is 8.55. The quantitative estimate of drug-likeness (QED) is 0.919. The van der Waals surface area contributed by atoms with Crippen LogP contribution in [0.4, 0.5) is 0 Å². The van der Waals surface area contributed by atoms with Gasteiger partial charge >= 0.3 is 0 Å². The summed E-state index contributed by atoms with van der Waals surface area (Å²) in [6.07, 6.45) is 5.04. The van der Waals surface area contributed by atoms with Gasteiger partial charge < -0.3 is 5.32 Å². The Kier molecular flexibility index (Phi) is 4.83. The summed E-state index contributed by atoms with van der Waals surface area (Å²) in [4.78, 5) is 8.25. The van der Waals surface area contributed by atoms with Crippen LogP contribution in [0.3, 0.4) is 0 Å². The second-order valence-electron chi connectivity index (χ2n) is 4.97. The summed E-state index contributed by atoms with van der Waals surface area (Å²) in [5, 5.41) is 3.48. The van der Waals surface area contributed by atoms with Crippen LogP contribution in [0.2, 0.25) is 0 Å². The molecule has 1 fully saturated rings. The smallest absolute Gasteiger partial charge is 0.0711 e. The molecule has 0 amide bonds. The van der Waals surface area contributed by atoms with Gasteiger partial charge in [0.15, 0.2) is 0 Å². The lowest BCUT2D eigenvalue weighted by atomic mass is 10.1. The number of rotatable bonds is 3. The molecule has 1 aliphatic rings. The first-order valence-electron chi connectivity index (χ1n) is 6.94. The number of hydrogen-bond donors (Lipinski definition) is 1. The van der Waals surface area contributed by atoms with E-state index in [4.69, 9.17) is 0 Å². The molecule has 0 aromatic carbocycles. The van der Waals surface area contributed by atoms with Crippen LogP contribution in [0, 0.1) is 0 Å². The highest BCUT2D eigenvalue weighted by atomic mass is 79.9. The average molecular weight is 352 g/mol. The van der Waals surface area contributed by atoms with Gasteiger partial charge in [0.1, 0.15) is 0 Å². The highest BCUT2D eigenvalue weighted by Gasteiger charge is 2.24. The van der Waals surface area contributed by atoms with Crippen molar-refractivity contribution in [1.29, 1.82) is 0 Å². The Morgan fingerprint density at radius 2 is 2.20 bits per heavy atom. The number of nitrogens with one attached hydrogen (secondary N) is 1. The van der Waals surface area contributed by atoms with Gasteiger partial charge in [-0.2, -0.15) is 0 Å². The molecule has 5 heteroatoms. The van der Waals surface area contributed by atoms with Crippen LogP contribution in [-0.4, -0.2) is 36.1 Å². The zero-order valence-electron chi connectivity index (χ0n) is 11.3. The van der Waals surface area contributed by atoms with Crippen molar-refractivity contribution in [3.63, 3.8) is 0 Å². The third-order valence-corrected chi connectivity index (χ3v) is 5.28. The molecule has 0 saturated carbocycles. The van der Waals surface area contributed by atoms with Crippen molar-refractivity contribution in [3.8, 4) is 0 Å². The van der Waals surface area contributed by atoms with Gasteiger partial charge in [-0.25, -0.2) is 0 Å². The molecule has 3 rings (SSSR count). The standard InChI is InChI=1S/C15H18BrN3S/c16-14-5-4-13(20-14)15(12-3-1-6-18-11-12)19-9-2-7-17-8-10-19/h1,3-6,11,15,17H,2,7-10H2. The summed E-state index contributed by atoms with van der Waals surface area (Å²) >= 11 is 5.40. The van der Waals surface area contributed by atoms with E-state index in [1.54, 1.807) is 0 Å². The zero-order valence-corrected chi connectivity index (χ0v) is 13.7. The second-order valence-corrected chi connectivity index (χ2v) is 7.46. The first kappa shape index (κ1) is 14.2. The van der Waals surface area contributed by atoms with Crippen LogP contribution in [0.25, 0.3) is 0 Å². The maximum Gasteiger partial charge on any atom is 0.0711 e. The molecular weight excluding hydrogens is 334 g/mol. The number of aromatic nitrogens is 1. The molecule has 1 atom stereocenters. The van der Waals surface area contributed by atoms with Gasteiger partial charge in [0.2, 0.25) is 0 Å². The lowest BCUT2D eigenvalue weighted by molar-refractivity contribution is 0.243. The molecule has 1 saturated heterocycles. The number of halogens is 1. The fourth-order valence-electron chi connectivity index (χ4n) is 2.69. The minimum atomic E-state index is 0.319. The molecular formula is C15H18BrN3S. The van der Waals surface area contributed by atoms with Crippen molar-refractivity contribution >= 4 is 27.3 Å². The summed E-state index contributed by atoms with van der Waals surface area (Å²) < 4.78 is 1.19. The minimum Gasteiger partial charge on any atom is -0.315 e. The average Bonchev–Trinajstić information content (AvgIpc) is 2.74. The molecule has 2 aromatic heterocycles. The normalized spacial score (nSPS) is 18.6. The predicted octanol–water partition coefficient (Wildman–Crippen LogP) is 3.29. The fraction of sp³-hybridized carbons (Fsp3) is 0.400. The Morgan fingerprint density at radius 3 is 2.95 bits per heavy atom. The Hall–Kier alpha value is -0.750. The van der Waals surface area contributed by atoms with Crippen molar-refractivity contribution in [1.82, 2.24) is 15.2 Å². The monoisotopic (exact) mass is 351 g/mol. The largest absolute Gasteiger partial charge is 0.315 e.